The van der Waals surface area contributed by atoms with Crippen LogP contribution < -0.4 is 4.74 Å². The lowest BCUT2D eigenvalue weighted by atomic mass is 10.2. The molecule has 1 N–H and O–H groups in total. The molecule has 0 aliphatic heterocycles. The highest BCUT2D eigenvalue weighted by Crippen LogP contribution is 2.30. The van der Waals surface area contributed by atoms with Crippen LogP contribution in [0.2, 0.25) is 5.02 Å². The van der Waals surface area contributed by atoms with Crippen molar-refractivity contribution in [1.29, 1.82) is 0 Å². The molecular weight excluding hydrogens is 235 g/mol. The van der Waals surface area contributed by atoms with E-state index in [1.807, 2.05) is 13.8 Å². The first-order chi connectivity index (χ1) is 7.41. The summed E-state index contributed by atoms with van der Waals surface area (Å²) in [5, 5.41) is 8.71. The average molecular weight is 247 g/mol. The fraction of sp³-hybridized carbons (Fsp3) is 0.364. The van der Waals surface area contributed by atoms with Gasteiger partial charge in [-0.2, -0.15) is 0 Å². The number of halogens is 2. The second-order valence-corrected chi connectivity index (χ2v) is 4.15. The summed E-state index contributed by atoms with van der Waals surface area (Å²) in [4.78, 5) is 10.8. The van der Waals surface area contributed by atoms with E-state index in [0.717, 1.165) is 12.1 Å². The van der Waals surface area contributed by atoms with Crippen molar-refractivity contribution >= 4 is 17.6 Å². The maximum Gasteiger partial charge on any atom is 0.337 e. The topological polar surface area (TPSA) is 46.5 Å². The van der Waals surface area contributed by atoms with Crippen LogP contribution in [0.15, 0.2) is 12.1 Å². The minimum atomic E-state index is -1.28. The molecule has 16 heavy (non-hydrogen) atoms. The van der Waals surface area contributed by atoms with E-state index in [1.54, 1.807) is 0 Å². The van der Waals surface area contributed by atoms with Gasteiger partial charge in [0, 0.05) is 6.07 Å². The van der Waals surface area contributed by atoms with Crippen molar-refractivity contribution in [2.24, 2.45) is 5.92 Å². The summed E-state index contributed by atoms with van der Waals surface area (Å²) in [6.07, 6.45) is 0. The number of carboxylic acid groups (broad SMARTS) is 1. The third kappa shape index (κ3) is 3.10. The normalized spacial score (nSPS) is 10.6. The first-order valence-corrected chi connectivity index (χ1v) is 5.14. The molecule has 88 valence electrons. The quantitative estimate of drug-likeness (QED) is 0.887. The Bertz CT molecular complexity index is 404. The number of rotatable bonds is 4. The number of benzene rings is 1. The predicted molar refractivity (Wildman–Crippen MR) is 58.7 cm³/mol. The third-order valence-corrected chi connectivity index (χ3v) is 2.20. The largest absolute Gasteiger partial charge is 0.492 e. The van der Waals surface area contributed by atoms with Crippen molar-refractivity contribution in [3.05, 3.63) is 28.5 Å². The fourth-order valence-corrected chi connectivity index (χ4v) is 1.33. The van der Waals surface area contributed by atoms with Gasteiger partial charge in [0.2, 0.25) is 0 Å². The Labute approximate surface area is 97.8 Å². The molecule has 5 heteroatoms. The zero-order valence-corrected chi connectivity index (χ0v) is 9.71. The Morgan fingerprint density at radius 1 is 1.56 bits per heavy atom. The van der Waals surface area contributed by atoms with E-state index < -0.39 is 11.8 Å². The number of ether oxygens (including phenoxy) is 1. The number of carboxylic acids is 1. The molecule has 0 spiro atoms. The van der Waals surface area contributed by atoms with Crippen molar-refractivity contribution in [3.63, 3.8) is 0 Å². The van der Waals surface area contributed by atoms with Crippen LogP contribution >= 0.6 is 11.6 Å². The highest BCUT2D eigenvalue weighted by molar-refractivity contribution is 6.34. The van der Waals surface area contributed by atoms with Crippen molar-refractivity contribution in [2.75, 3.05) is 6.61 Å². The van der Waals surface area contributed by atoms with Gasteiger partial charge in [-0.05, 0) is 12.0 Å². The van der Waals surface area contributed by atoms with Crippen molar-refractivity contribution in [2.45, 2.75) is 13.8 Å². The van der Waals surface area contributed by atoms with E-state index in [4.69, 9.17) is 21.4 Å². The van der Waals surface area contributed by atoms with E-state index in [0.29, 0.717) is 6.61 Å². The summed E-state index contributed by atoms with van der Waals surface area (Å²) in [7, 11) is 0. The molecule has 0 unspecified atom stereocenters. The molecule has 0 bridgehead atoms. The van der Waals surface area contributed by atoms with E-state index in [9.17, 15) is 9.18 Å². The van der Waals surface area contributed by atoms with Crippen LogP contribution in [0.1, 0.15) is 24.2 Å². The van der Waals surface area contributed by atoms with Crippen LogP contribution in [0.4, 0.5) is 4.39 Å². The smallest absolute Gasteiger partial charge is 0.337 e. The highest BCUT2D eigenvalue weighted by Gasteiger charge is 2.16. The molecule has 0 amide bonds. The van der Waals surface area contributed by atoms with Gasteiger partial charge in [-0.25, -0.2) is 9.18 Å². The number of carbonyl (C=O) groups is 1. The molecule has 0 aliphatic rings. The van der Waals surface area contributed by atoms with Gasteiger partial charge in [-0.3, -0.25) is 0 Å². The van der Waals surface area contributed by atoms with E-state index in [1.165, 1.54) is 0 Å². The number of hydrogen-bond acceptors (Lipinski definition) is 2. The molecular formula is C11H12ClFO3. The van der Waals surface area contributed by atoms with Gasteiger partial charge < -0.3 is 9.84 Å². The second kappa shape index (κ2) is 5.16. The minimum absolute atomic E-state index is 0.0627. The SMILES string of the molecule is CC(C)COc1cc(F)cc(C(=O)O)c1Cl. The molecule has 0 heterocycles. The van der Waals surface area contributed by atoms with E-state index in [2.05, 4.69) is 0 Å². The molecule has 0 saturated heterocycles. The van der Waals surface area contributed by atoms with Gasteiger partial charge in [0.15, 0.2) is 0 Å². The summed E-state index contributed by atoms with van der Waals surface area (Å²) in [6.45, 7) is 4.19. The van der Waals surface area contributed by atoms with E-state index in [-0.39, 0.29) is 22.3 Å². The minimum Gasteiger partial charge on any atom is -0.492 e. The Morgan fingerprint density at radius 2 is 2.19 bits per heavy atom. The summed E-state index contributed by atoms with van der Waals surface area (Å²) < 4.78 is 18.3. The Kier molecular flexibility index (Phi) is 4.12. The van der Waals surface area contributed by atoms with E-state index >= 15 is 0 Å². The molecule has 0 saturated carbocycles. The lowest BCUT2D eigenvalue weighted by Gasteiger charge is -2.11. The van der Waals surface area contributed by atoms with Crippen LogP contribution in [0.25, 0.3) is 0 Å². The van der Waals surface area contributed by atoms with Crippen LogP contribution in [0.5, 0.6) is 5.75 Å². The summed E-state index contributed by atoms with van der Waals surface area (Å²) in [5.74, 6) is -1.65. The Hall–Kier alpha value is -1.29. The summed E-state index contributed by atoms with van der Waals surface area (Å²) in [6, 6.07) is 1.95. The lowest BCUT2D eigenvalue weighted by molar-refractivity contribution is 0.0696. The van der Waals surface area contributed by atoms with Gasteiger partial charge in [0.05, 0.1) is 17.2 Å². The monoisotopic (exact) mass is 246 g/mol. The molecule has 0 fully saturated rings. The molecule has 1 rings (SSSR count). The lowest BCUT2D eigenvalue weighted by Crippen LogP contribution is -2.07. The first kappa shape index (κ1) is 12.8. The average Bonchev–Trinajstić information content (AvgIpc) is 2.18. The standard InChI is InChI=1S/C11H12ClFO3/c1-6(2)5-16-9-4-7(13)3-8(10(9)12)11(14)15/h3-4,6H,5H2,1-2H3,(H,14,15). The second-order valence-electron chi connectivity index (χ2n) is 3.78. The van der Waals surface area contributed by atoms with Crippen molar-refractivity contribution in [3.8, 4) is 5.75 Å². The molecule has 0 radical (unpaired) electrons. The molecule has 0 aliphatic carbocycles. The van der Waals surface area contributed by atoms with Crippen LogP contribution in [0.3, 0.4) is 0 Å². The molecule has 0 aromatic heterocycles. The fourth-order valence-electron chi connectivity index (χ4n) is 1.08. The summed E-state index contributed by atoms with van der Waals surface area (Å²) in [5.41, 5.74) is -0.291. The van der Waals surface area contributed by atoms with Crippen molar-refractivity contribution in [1.82, 2.24) is 0 Å². The molecule has 0 atom stereocenters. The highest BCUT2D eigenvalue weighted by atomic mass is 35.5. The van der Waals surface area contributed by atoms with Gasteiger partial charge >= 0.3 is 5.97 Å². The number of aromatic carboxylic acids is 1. The van der Waals surface area contributed by atoms with Gasteiger partial charge in [-0.1, -0.05) is 25.4 Å². The maximum absolute atomic E-state index is 13.1. The Balaban J connectivity index is 3.04. The third-order valence-electron chi connectivity index (χ3n) is 1.81. The predicted octanol–water partition coefficient (Wildman–Crippen LogP) is 3.21. The van der Waals surface area contributed by atoms with Crippen LogP contribution in [-0.4, -0.2) is 17.7 Å². The molecule has 3 nitrogen and oxygen atoms in total. The first-order valence-electron chi connectivity index (χ1n) is 4.77. The van der Waals surface area contributed by atoms with Crippen LogP contribution in [-0.2, 0) is 0 Å². The zero-order valence-electron chi connectivity index (χ0n) is 8.96. The Morgan fingerprint density at radius 3 is 2.69 bits per heavy atom. The maximum atomic E-state index is 13.1. The number of hydrogen-bond donors (Lipinski definition) is 1. The van der Waals surface area contributed by atoms with Gasteiger partial charge in [-0.15, -0.1) is 0 Å². The van der Waals surface area contributed by atoms with Crippen molar-refractivity contribution < 1.29 is 19.0 Å². The van der Waals surface area contributed by atoms with Gasteiger partial charge in [0.1, 0.15) is 11.6 Å². The molecule has 1 aromatic rings. The van der Waals surface area contributed by atoms with Crippen LogP contribution in [0, 0.1) is 11.7 Å². The zero-order chi connectivity index (χ0) is 12.3. The van der Waals surface area contributed by atoms with Gasteiger partial charge in [0.25, 0.3) is 0 Å². The summed E-state index contributed by atoms with van der Waals surface area (Å²) >= 11 is 5.79. The molecule has 1 aromatic carbocycles.